The van der Waals surface area contributed by atoms with E-state index in [9.17, 15) is 9.59 Å². The van der Waals surface area contributed by atoms with E-state index < -0.39 is 5.60 Å². The summed E-state index contributed by atoms with van der Waals surface area (Å²) in [6, 6.07) is 0. The molecule has 0 saturated carbocycles. The van der Waals surface area contributed by atoms with Crippen LogP contribution in [0, 0.1) is 5.92 Å². The van der Waals surface area contributed by atoms with Gasteiger partial charge in [-0.25, -0.2) is 4.79 Å². The van der Waals surface area contributed by atoms with Crippen LogP contribution >= 0.6 is 0 Å². The van der Waals surface area contributed by atoms with Crippen LogP contribution in [0.5, 0.6) is 0 Å². The third kappa shape index (κ3) is 7.07. The van der Waals surface area contributed by atoms with Gasteiger partial charge >= 0.3 is 6.09 Å². The van der Waals surface area contributed by atoms with Crippen LogP contribution in [-0.4, -0.2) is 78.6 Å². The Balaban J connectivity index is 2.35. The van der Waals surface area contributed by atoms with Crippen molar-refractivity contribution in [1.82, 2.24) is 14.7 Å². The molecule has 0 aromatic rings. The SMILES string of the molecule is CCN(CC)C(=O)CN1CCC(CN(C)C(=O)OC(C)(C)C)CC1. The number of carbonyl (C=O) groups excluding carboxylic acids is 2. The molecule has 0 unspecified atom stereocenters. The van der Waals surface area contributed by atoms with Gasteiger partial charge in [0.2, 0.25) is 5.91 Å². The molecule has 1 aliphatic heterocycles. The molecule has 1 fully saturated rings. The van der Waals surface area contributed by atoms with E-state index in [4.69, 9.17) is 4.74 Å². The Bertz CT molecular complexity index is 408. The van der Waals surface area contributed by atoms with E-state index in [1.165, 1.54) is 0 Å². The van der Waals surface area contributed by atoms with Crippen molar-refractivity contribution >= 4 is 12.0 Å². The summed E-state index contributed by atoms with van der Waals surface area (Å²) in [5.74, 6) is 0.687. The summed E-state index contributed by atoms with van der Waals surface area (Å²) < 4.78 is 5.39. The van der Waals surface area contributed by atoms with Crippen LogP contribution in [0.1, 0.15) is 47.5 Å². The van der Waals surface area contributed by atoms with Crippen molar-refractivity contribution < 1.29 is 14.3 Å². The lowest BCUT2D eigenvalue weighted by molar-refractivity contribution is -0.132. The van der Waals surface area contributed by atoms with Crippen LogP contribution in [-0.2, 0) is 9.53 Å². The minimum Gasteiger partial charge on any atom is -0.444 e. The highest BCUT2D eigenvalue weighted by Gasteiger charge is 2.26. The maximum atomic E-state index is 12.2. The van der Waals surface area contributed by atoms with Crippen LogP contribution in [0.25, 0.3) is 0 Å². The molecule has 0 bridgehead atoms. The molecule has 0 aromatic carbocycles. The second-order valence-corrected chi connectivity index (χ2v) is 7.65. The van der Waals surface area contributed by atoms with Crippen LogP contribution in [0.3, 0.4) is 0 Å². The van der Waals surface area contributed by atoms with Crippen molar-refractivity contribution in [2.75, 3.05) is 46.3 Å². The first-order valence-corrected chi connectivity index (χ1v) is 9.10. The smallest absolute Gasteiger partial charge is 0.410 e. The molecule has 0 aliphatic carbocycles. The van der Waals surface area contributed by atoms with E-state index in [-0.39, 0.29) is 12.0 Å². The van der Waals surface area contributed by atoms with Crippen molar-refractivity contribution in [2.45, 2.75) is 53.1 Å². The third-order valence-corrected chi connectivity index (χ3v) is 4.42. The molecule has 0 spiro atoms. The Labute approximate surface area is 147 Å². The number of piperidine rings is 1. The molecular formula is C18H35N3O3. The molecule has 1 saturated heterocycles. The van der Waals surface area contributed by atoms with Crippen LogP contribution in [0.15, 0.2) is 0 Å². The minimum absolute atomic E-state index is 0.212. The number of nitrogens with zero attached hydrogens (tertiary/aromatic N) is 3. The quantitative estimate of drug-likeness (QED) is 0.744. The van der Waals surface area contributed by atoms with Gasteiger partial charge in [0.05, 0.1) is 6.54 Å². The predicted molar refractivity (Wildman–Crippen MR) is 96.0 cm³/mol. The van der Waals surface area contributed by atoms with E-state index >= 15 is 0 Å². The highest BCUT2D eigenvalue weighted by Crippen LogP contribution is 2.19. The van der Waals surface area contributed by atoms with E-state index in [1.54, 1.807) is 11.9 Å². The number of carbonyl (C=O) groups is 2. The van der Waals surface area contributed by atoms with E-state index in [0.29, 0.717) is 19.0 Å². The van der Waals surface area contributed by atoms with Crippen LogP contribution in [0.2, 0.25) is 0 Å². The maximum Gasteiger partial charge on any atom is 0.410 e. The fourth-order valence-corrected chi connectivity index (χ4v) is 3.00. The number of likely N-dealkylation sites (tertiary alicyclic amines) is 1. The second kappa shape index (κ2) is 9.25. The van der Waals surface area contributed by atoms with Crippen LogP contribution < -0.4 is 0 Å². The van der Waals surface area contributed by atoms with E-state index in [0.717, 1.165) is 39.0 Å². The van der Waals surface area contributed by atoms with Gasteiger partial charge in [-0.1, -0.05) is 0 Å². The fraction of sp³-hybridized carbons (Fsp3) is 0.889. The Morgan fingerprint density at radius 3 is 2.12 bits per heavy atom. The molecule has 2 amide bonds. The molecule has 0 N–H and O–H groups in total. The number of rotatable bonds is 6. The van der Waals surface area contributed by atoms with Gasteiger partial charge in [0.25, 0.3) is 0 Å². The van der Waals surface area contributed by atoms with Crippen molar-refractivity contribution in [3.05, 3.63) is 0 Å². The Hall–Kier alpha value is -1.30. The third-order valence-electron chi connectivity index (χ3n) is 4.42. The average Bonchev–Trinajstić information content (AvgIpc) is 2.48. The summed E-state index contributed by atoms with van der Waals surface area (Å²) in [7, 11) is 1.80. The lowest BCUT2D eigenvalue weighted by Crippen LogP contribution is -2.45. The first-order valence-electron chi connectivity index (χ1n) is 9.10. The molecule has 6 heteroatoms. The first kappa shape index (κ1) is 20.7. The zero-order chi connectivity index (χ0) is 18.3. The molecule has 140 valence electrons. The van der Waals surface area contributed by atoms with Crippen LogP contribution in [0.4, 0.5) is 4.79 Å². The molecular weight excluding hydrogens is 306 g/mol. The average molecular weight is 341 g/mol. The number of hydrogen-bond acceptors (Lipinski definition) is 4. The fourth-order valence-electron chi connectivity index (χ4n) is 3.00. The summed E-state index contributed by atoms with van der Waals surface area (Å²) in [5, 5.41) is 0. The Morgan fingerprint density at radius 1 is 1.12 bits per heavy atom. The van der Waals surface area contributed by atoms with Crippen molar-refractivity contribution in [1.29, 1.82) is 0 Å². The Morgan fingerprint density at radius 2 is 1.67 bits per heavy atom. The lowest BCUT2D eigenvalue weighted by Gasteiger charge is -2.34. The van der Waals surface area contributed by atoms with Gasteiger partial charge in [-0.05, 0) is 66.5 Å². The molecule has 0 atom stereocenters. The molecule has 24 heavy (non-hydrogen) atoms. The summed E-state index contributed by atoms with van der Waals surface area (Å²) in [6.07, 6.45) is 1.76. The van der Waals surface area contributed by atoms with Gasteiger partial charge in [0.15, 0.2) is 0 Å². The number of amides is 2. The van der Waals surface area contributed by atoms with Gasteiger partial charge in [-0.3, -0.25) is 9.69 Å². The maximum absolute atomic E-state index is 12.2. The topological polar surface area (TPSA) is 53.1 Å². The van der Waals surface area contributed by atoms with Crippen molar-refractivity contribution in [3.63, 3.8) is 0 Å². The highest BCUT2D eigenvalue weighted by molar-refractivity contribution is 5.78. The molecule has 1 heterocycles. The summed E-state index contributed by atoms with van der Waals surface area (Å²) in [4.78, 5) is 30.0. The molecule has 1 aliphatic rings. The minimum atomic E-state index is -0.459. The largest absolute Gasteiger partial charge is 0.444 e. The zero-order valence-electron chi connectivity index (χ0n) is 16.3. The monoisotopic (exact) mass is 341 g/mol. The van der Waals surface area contributed by atoms with Gasteiger partial charge in [-0.15, -0.1) is 0 Å². The zero-order valence-corrected chi connectivity index (χ0v) is 16.3. The summed E-state index contributed by atoms with van der Waals surface area (Å²) >= 11 is 0. The summed E-state index contributed by atoms with van der Waals surface area (Å²) in [5.41, 5.74) is -0.459. The molecule has 6 nitrogen and oxygen atoms in total. The second-order valence-electron chi connectivity index (χ2n) is 7.65. The molecule has 0 aromatic heterocycles. The number of hydrogen-bond donors (Lipinski definition) is 0. The highest BCUT2D eigenvalue weighted by atomic mass is 16.6. The summed E-state index contributed by atoms with van der Waals surface area (Å²) in [6.45, 7) is 14.3. The van der Waals surface area contributed by atoms with Gasteiger partial charge < -0.3 is 14.5 Å². The lowest BCUT2D eigenvalue weighted by atomic mass is 9.96. The van der Waals surface area contributed by atoms with E-state index in [2.05, 4.69) is 4.90 Å². The first-order chi connectivity index (χ1) is 11.2. The Kier molecular flexibility index (Phi) is 8.00. The molecule has 0 radical (unpaired) electrons. The van der Waals surface area contributed by atoms with E-state index in [1.807, 2.05) is 39.5 Å². The number of ether oxygens (including phenoxy) is 1. The van der Waals surface area contributed by atoms with Gasteiger partial charge in [0.1, 0.15) is 5.60 Å². The van der Waals surface area contributed by atoms with Gasteiger partial charge in [-0.2, -0.15) is 0 Å². The standard InChI is InChI=1S/C18H35N3O3/c1-7-21(8-2)16(22)14-20-11-9-15(10-12-20)13-19(6)17(23)24-18(3,4)5/h15H,7-14H2,1-6H3. The van der Waals surface area contributed by atoms with Crippen molar-refractivity contribution in [3.8, 4) is 0 Å². The number of likely N-dealkylation sites (N-methyl/N-ethyl adjacent to an activating group) is 1. The van der Waals surface area contributed by atoms with Crippen molar-refractivity contribution in [2.24, 2.45) is 5.92 Å². The molecule has 1 rings (SSSR count). The van der Waals surface area contributed by atoms with Gasteiger partial charge in [0, 0.05) is 26.7 Å². The normalized spacial score (nSPS) is 16.8. The predicted octanol–water partition coefficient (Wildman–Crippen LogP) is 2.43.